The predicted octanol–water partition coefficient (Wildman–Crippen LogP) is 2.70. The molecule has 3 N–H and O–H groups in total. The van der Waals surface area contributed by atoms with Crippen LogP contribution in [0.1, 0.15) is 11.1 Å². The third-order valence-corrected chi connectivity index (χ3v) is 2.98. The van der Waals surface area contributed by atoms with Crippen LogP contribution in [0.25, 0.3) is 10.9 Å². The number of rotatable bonds is 1. The topological polar surface area (TPSA) is 41.8 Å². The zero-order chi connectivity index (χ0) is 9.42. The fourth-order valence-corrected chi connectivity index (χ4v) is 2.16. The molecule has 3 heteroatoms. The van der Waals surface area contributed by atoms with Crippen LogP contribution in [0.4, 0.5) is 0 Å². The lowest BCUT2D eigenvalue weighted by Crippen LogP contribution is -1.95. The number of hydrogen-bond acceptors (Lipinski definition) is 1. The molecule has 13 heavy (non-hydrogen) atoms. The third kappa shape index (κ3) is 1.28. The van der Waals surface area contributed by atoms with Crippen molar-refractivity contribution in [3.05, 3.63) is 33.9 Å². The third-order valence-electron chi connectivity index (χ3n) is 2.30. The predicted molar refractivity (Wildman–Crippen MR) is 58.6 cm³/mol. The largest absolute Gasteiger partial charge is 0.349 e. The number of H-pyrrole nitrogens is 1. The lowest BCUT2D eigenvalue weighted by atomic mass is 10.1. The normalized spacial score (nSPS) is 11.0. The van der Waals surface area contributed by atoms with Crippen molar-refractivity contribution in [3.8, 4) is 0 Å². The Kier molecular flexibility index (Phi) is 2.14. The minimum absolute atomic E-state index is 0.560. The molecule has 1 aromatic heterocycles. The van der Waals surface area contributed by atoms with Crippen molar-refractivity contribution in [2.75, 3.05) is 0 Å². The average molecular weight is 239 g/mol. The highest BCUT2D eigenvalue weighted by atomic mass is 79.9. The van der Waals surface area contributed by atoms with Gasteiger partial charge in [-0.3, -0.25) is 0 Å². The maximum atomic E-state index is 5.66. The van der Waals surface area contributed by atoms with E-state index in [1.54, 1.807) is 0 Å². The molecule has 2 nitrogen and oxygen atoms in total. The second kappa shape index (κ2) is 3.16. The number of para-hydroxylation sites is 1. The Morgan fingerprint density at radius 2 is 2.23 bits per heavy atom. The fourth-order valence-electron chi connectivity index (χ4n) is 1.59. The van der Waals surface area contributed by atoms with Gasteiger partial charge in [0, 0.05) is 23.0 Å². The minimum atomic E-state index is 0.560. The molecule has 0 bridgehead atoms. The van der Waals surface area contributed by atoms with E-state index >= 15 is 0 Å². The van der Waals surface area contributed by atoms with Crippen LogP contribution >= 0.6 is 15.9 Å². The second-order valence-electron chi connectivity index (χ2n) is 3.12. The first kappa shape index (κ1) is 8.78. The van der Waals surface area contributed by atoms with Crippen molar-refractivity contribution in [1.82, 2.24) is 4.98 Å². The number of fused-ring (bicyclic) bond motifs is 1. The first-order valence-electron chi connectivity index (χ1n) is 4.19. The Labute approximate surface area is 85.3 Å². The molecule has 0 unspecified atom stereocenters. The Morgan fingerprint density at radius 1 is 1.46 bits per heavy atom. The van der Waals surface area contributed by atoms with Crippen LogP contribution in [-0.2, 0) is 6.54 Å². The van der Waals surface area contributed by atoms with Crippen molar-refractivity contribution in [2.45, 2.75) is 13.5 Å². The number of benzene rings is 1. The average Bonchev–Trinajstić information content (AvgIpc) is 2.43. The number of hydrogen-bond donors (Lipinski definition) is 2. The van der Waals surface area contributed by atoms with Crippen LogP contribution < -0.4 is 5.73 Å². The van der Waals surface area contributed by atoms with Gasteiger partial charge in [-0.05, 0) is 28.4 Å². The molecule has 0 amide bonds. The summed E-state index contributed by atoms with van der Waals surface area (Å²) >= 11 is 3.47. The van der Waals surface area contributed by atoms with Crippen molar-refractivity contribution in [1.29, 1.82) is 0 Å². The van der Waals surface area contributed by atoms with E-state index in [1.165, 1.54) is 16.5 Å². The molecule has 0 radical (unpaired) electrons. The van der Waals surface area contributed by atoms with Gasteiger partial charge in [0.05, 0.1) is 4.60 Å². The standard InChI is InChI=1S/C10H11BrN2/c1-6-3-2-4-7-8(5-12)10(11)13-9(6)7/h2-4,13H,5,12H2,1H3. The van der Waals surface area contributed by atoms with Gasteiger partial charge in [0.15, 0.2) is 0 Å². The van der Waals surface area contributed by atoms with Gasteiger partial charge < -0.3 is 10.7 Å². The number of halogens is 1. The van der Waals surface area contributed by atoms with E-state index < -0.39 is 0 Å². The molecule has 68 valence electrons. The van der Waals surface area contributed by atoms with Gasteiger partial charge in [0.1, 0.15) is 0 Å². The molecule has 0 aliphatic rings. The molecule has 0 atom stereocenters. The van der Waals surface area contributed by atoms with Gasteiger partial charge in [-0.25, -0.2) is 0 Å². The number of aryl methyl sites for hydroxylation is 1. The Bertz CT molecular complexity index is 445. The van der Waals surface area contributed by atoms with Crippen LogP contribution in [0.2, 0.25) is 0 Å². The summed E-state index contributed by atoms with van der Waals surface area (Å²) in [4.78, 5) is 3.28. The van der Waals surface area contributed by atoms with Crippen molar-refractivity contribution in [2.24, 2.45) is 5.73 Å². The lowest BCUT2D eigenvalue weighted by molar-refractivity contribution is 1.07. The SMILES string of the molecule is Cc1cccc2c(CN)c(Br)[nH]c12. The number of nitrogens with two attached hydrogens (primary N) is 1. The maximum absolute atomic E-state index is 5.66. The summed E-state index contributed by atoms with van der Waals surface area (Å²) in [7, 11) is 0. The molecular weight excluding hydrogens is 228 g/mol. The smallest absolute Gasteiger partial charge is 0.0876 e. The van der Waals surface area contributed by atoms with Crippen molar-refractivity contribution >= 4 is 26.8 Å². The van der Waals surface area contributed by atoms with Gasteiger partial charge >= 0.3 is 0 Å². The van der Waals surface area contributed by atoms with E-state index in [0.29, 0.717) is 6.54 Å². The summed E-state index contributed by atoms with van der Waals surface area (Å²) in [5.74, 6) is 0. The lowest BCUT2D eigenvalue weighted by Gasteiger charge is -1.96. The molecular formula is C10H11BrN2. The molecule has 0 spiro atoms. The molecule has 0 saturated carbocycles. The van der Waals surface area contributed by atoms with Crippen LogP contribution in [0, 0.1) is 6.92 Å². The van der Waals surface area contributed by atoms with Crippen molar-refractivity contribution < 1.29 is 0 Å². The summed E-state index contributed by atoms with van der Waals surface area (Å²) in [6, 6.07) is 6.23. The first-order chi connectivity index (χ1) is 6.24. The molecule has 0 saturated heterocycles. The van der Waals surface area contributed by atoms with E-state index in [-0.39, 0.29) is 0 Å². The molecule has 2 aromatic rings. The van der Waals surface area contributed by atoms with E-state index in [4.69, 9.17) is 5.73 Å². The first-order valence-corrected chi connectivity index (χ1v) is 4.99. The maximum Gasteiger partial charge on any atom is 0.0876 e. The van der Waals surface area contributed by atoms with Gasteiger partial charge in [0.25, 0.3) is 0 Å². The summed E-state index contributed by atoms with van der Waals surface area (Å²) in [6.07, 6.45) is 0. The highest BCUT2D eigenvalue weighted by Crippen LogP contribution is 2.27. The monoisotopic (exact) mass is 238 g/mol. The van der Waals surface area contributed by atoms with Crippen LogP contribution in [0.5, 0.6) is 0 Å². The molecule has 0 aliphatic carbocycles. The second-order valence-corrected chi connectivity index (χ2v) is 3.91. The number of aromatic nitrogens is 1. The summed E-state index contributed by atoms with van der Waals surface area (Å²) in [6.45, 7) is 2.65. The zero-order valence-corrected chi connectivity index (χ0v) is 8.98. The fraction of sp³-hybridized carbons (Fsp3) is 0.200. The van der Waals surface area contributed by atoms with Gasteiger partial charge in [-0.1, -0.05) is 18.2 Å². The summed E-state index contributed by atoms with van der Waals surface area (Å²) in [5.41, 5.74) is 9.24. The number of nitrogens with one attached hydrogen (secondary N) is 1. The van der Waals surface area contributed by atoms with Crippen molar-refractivity contribution in [3.63, 3.8) is 0 Å². The van der Waals surface area contributed by atoms with Gasteiger partial charge in [-0.2, -0.15) is 0 Å². The molecule has 0 fully saturated rings. The van der Waals surface area contributed by atoms with Gasteiger partial charge in [-0.15, -0.1) is 0 Å². The van der Waals surface area contributed by atoms with Crippen LogP contribution in [0.15, 0.2) is 22.8 Å². The molecule has 1 heterocycles. The molecule has 2 rings (SSSR count). The van der Waals surface area contributed by atoms with Crippen LogP contribution in [-0.4, -0.2) is 4.98 Å². The Balaban J connectivity index is 2.86. The Morgan fingerprint density at radius 3 is 2.92 bits per heavy atom. The van der Waals surface area contributed by atoms with E-state index in [9.17, 15) is 0 Å². The van der Waals surface area contributed by atoms with Crippen LogP contribution in [0.3, 0.4) is 0 Å². The zero-order valence-electron chi connectivity index (χ0n) is 7.39. The summed E-state index contributed by atoms with van der Waals surface area (Å²) in [5, 5.41) is 1.22. The van der Waals surface area contributed by atoms with Gasteiger partial charge in [0.2, 0.25) is 0 Å². The Hall–Kier alpha value is -0.800. The highest BCUT2D eigenvalue weighted by molar-refractivity contribution is 9.10. The molecule has 0 aliphatic heterocycles. The summed E-state index contributed by atoms with van der Waals surface area (Å²) < 4.78 is 0.999. The number of aromatic amines is 1. The quantitative estimate of drug-likeness (QED) is 0.789. The van der Waals surface area contributed by atoms with E-state index in [0.717, 1.165) is 10.2 Å². The highest BCUT2D eigenvalue weighted by Gasteiger charge is 2.08. The van der Waals surface area contributed by atoms with E-state index in [1.807, 2.05) is 0 Å². The van der Waals surface area contributed by atoms with E-state index in [2.05, 4.69) is 46.0 Å². The molecule has 1 aromatic carbocycles. The minimum Gasteiger partial charge on any atom is -0.349 e.